The Hall–Kier alpha value is -2.95. The topological polar surface area (TPSA) is 62.7 Å². The Balaban J connectivity index is 2.02. The molecule has 0 saturated heterocycles. The standard InChI is InChI=1S/C20H23N5/c1-14-9-5-6-10-15(14)22-18-13-17(16-11-7-8-12-21-16)23-19(24-18)25-20(2,3)4/h5-13H,1-4H3,(H2,22,23,24,25). The van der Waals surface area contributed by atoms with Crippen LogP contribution in [0.5, 0.6) is 0 Å². The monoisotopic (exact) mass is 333 g/mol. The van der Waals surface area contributed by atoms with E-state index in [-0.39, 0.29) is 5.54 Å². The van der Waals surface area contributed by atoms with Crippen LogP contribution in [0.3, 0.4) is 0 Å². The number of nitrogens with zero attached hydrogens (tertiary/aromatic N) is 3. The highest BCUT2D eigenvalue weighted by atomic mass is 15.2. The Morgan fingerprint density at radius 2 is 1.64 bits per heavy atom. The van der Waals surface area contributed by atoms with E-state index in [2.05, 4.69) is 59.3 Å². The van der Waals surface area contributed by atoms with Crippen molar-refractivity contribution in [2.75, 3.05) is 10.6 Å². The van der Waals surface area contributed by atoms with E-state index in [1.54, 1.807) is 6.20 Å². The van der Waals surface area contributed by atoms with Gasteiger partial charge in [0.15, 0.2) is 0 Å². The van der Waals surface area contributed by atoms with E-state index < -0.39 is 0 Å². The van der Waals surface area contributed by atoms with Crippen LogP contribution in [0.1, 0.15) is 26.3 Å². The average Bonchev–Trinajstić information content (AvgIpc) is 2.56. The van der Waals surface area contributed by atoms with Crippen LogP contribution in [-0.4, -0.2) is 20.5 Å². The smallest absolute Gasteiger partial charge is 0.225 e. The van der Waals surface area contributed by atoms with E-state index in [9.17, 15) is 0 Å². The zero-order valence-corrected chi connectivity index (χ0v) is 15.0. The van der Waals surface area contributed by atoms with Gasteiger partial charge >= 0.3 is 0 Å². The van der Waals surface area contributed by atoms with Gasteiger partial charge in [0.25, 0.3) is 0 Å². The van der Waals surface area contributed by atoms with Gasteiger partial charge in [-0.2, -0.15) is 4.98 Å². The molecular formula is C20H23N5. The van der Waals surface area contributed by atoms with Gasteiger partial charge in [-0.05, 0) is 51.5 Å². The number of pyridine rings is 1. The van der Waals surface area contributed by atoms with Crippen LogP contribution in [0.2, 0.25) is 0 Å². The van der Waals surface area contributed by atoms with Crippen LogP contribution in [0.15, 0.2) is 54.7 Å². The van der Waals surface area contributed by atoms with Crippen molar-refractivity contribution in [2.24, 2.45) is 0 Å². The first kappa shape index (κ1) is 16.9. The Bertz CT molecular complexity index is 853. The van der Waals surface area contributed by atoms with Crippen molar-refractivity contribution in [2.45, 2.75) is 33.2 Å². The molecule has 0 spiro atoms. The van der Waals surface area contributed by atoms with E-state index in [4.69, 9.17) is 0 Å². The van der Waals surface area contributed by atoms with Crippen LogP contribution >= 0.6 is 0 Å². The number of para-hydroxylation sites is 1. The zero-order valence-electron chi connectivity index (χ0n) is 15.0. The Morgan fingerprint density at radius 1 is 0.880 bits per heavy atom. The lowest BCUT2D eigenvalue weighted by Crippen LogP contribution is -2.27. The Labute approximate surface area is 148 Å². The molecule has 0 aliphatic rings. The molecule has 2 N–H and O–H groups in total. The molecule has 0 aliphatic carbocycles. The SMILES string of the molecule is Cc1ccccc1Nc1cc(-c2ccccn2)nc(NC(C)(C)C)n1. The maximum atomic E-state index is 4.63. The number of hydrogen-bond donors (Lipinski definition) is 2. The van der Waals surface area contributed by atoms with Crippen LogP contribution in [0.25, 0.3) is 11.4 Å². The van der Waals surface area contributed by atoms with Gasteiger partial charge in [-0.25, -0.2) is 4.98 Å². The summed E-state index contributed by atoms with van der Waals surface area (Å²) in [6, 6.07) is 15.8. The van der Waals surface area contributed by atoms with E-state index in [1.807, 2.05) is 42.5 Å². The minimum Gasteiger partial charge on any atom is -0.350 e. The Morgan fingerprint density at radius 3 is 2.32 bits per heavy atom. The molecular weight excluding hydrogens is 310 g/mol. The second-order valence-electron chi connectivity index (χ2n) is 6.99. The predicted octanol–water partition coefficient (Wildman–Crippen LogP) is 4.80. The lowest BCUT2D eigenvalue weighted by Gasteiger charge is -2.21. The summed E-state index contributed by atoms with van der Waals surface area (Å²) in [4.78, 5) is 13.7. The molecule has 2 aromatic heterocycles. The molecule has 0 radical (unpaired) electrons. The largest absolute Gasteiger partial charge is 0.350 e. The van der Waals surface area contributed by atoms with Crippen molar-refractivity contribution in [3.05, 3.63) is 60.3 Å². The molecule has 5 nitrogen and oxygen atoms in total. The van der Waals surface area contributed by atoms with Gasteiger partial charge in [0.2, 0.25) is 5.95 Å². The first-order valence-electron chi connectivity index (χ1n) is 8.32. The van der Waals surface area contributed by atoms with Gasteiger partial charge in [-0.15, -0.1) is 0 Å². The van der Waals surface area contributed by atoms with Gasteiger partial charge in [-0.3, -0.25) is 4.98 Å². The van der Waals surface area contributed by atoms with Crippen molar-refractivity contribution in [3.63, 3.8) is 0 Å². The number of aromatic nitrogens is 3. The number of benzene rings is 1. The normalized spacial score (nSPS) is 11.2. The summed E-state index contributed by atoms with van der Waals surface area (Å²) in [5, 5.41) is 6.73. The molecule has 0 atom stereocenters. The lowest BCUT2D eigenvalue weighted by atomic mass is 10.1. The third kappa shape index (κ3) is 4.53. The molecule has 0 fully saturated rings. The molecule has 0 bridgehead atoms. The van der Waals surface area contributed by atoms with Crippen LogP contribution in [-0.2, 0) is 0 Å². The molecule has 3 aromatic rings. The summed E-state index contributed by atoms with van der Waals surface area (Å²) in [5.74, 6) is 1.31. The molecule has 0 saturated carbocycles. The maximum absolute atomic E-state index is 4.63. The van der Waals surface area contributed by atoms with Crippen molar-refractivity contribution in [3.8, 4) is 11.4 Å². The molecule has 3 rings (SSSR count). The minimum atomic E-state index is -0.136. The molecule has 0 amide bonds. The highest BCUT2D eigenvalue weighted by molar-refractivity contribution is 5.66. The van der Waals surface area contributed by atoms with Gasteiger partial charge in [0, 0.05) is 23.5 Å². The quantitative estimate of drug-likeness (QED) is 0.718. The third-order valence-corrected chi connectivity index (χ3v) is 3.55. The van der Waals surface area contributed by atoms with E-state index in [0.717, 1.165) is 28.5 Å². The number of anilines is 3. The van der Waals surface area contributed by atoms with E-state index in [1.165, 1.54) is 0 Å². The van der Waals surface area contributed by atoms with E-state index in [0.29, 0.717) is 5.95 Å². The number of rotatable bonds is 4. The summed E-state index contributed by atoms with van der Waals surface area (Å²) in [6.45, 7) is 8.31. The molecule has 1 aromatic carbocycles. The zero-order chi connectivity index (χ0) is 17.9. The summed E-state index contributed by atoms with van der Waals surface area (Å²) in [5.41, 5.74) is 3.64. The summed E-state index contributed by atoms with van der Waals surface area (Å²) >= 11 is 0. The first-order chi connectivity index (χ1) is 11.9. The number of aryl methyl sites for hydroxylation is 1. The summed E-state index contributed by atoms with van der Waals surface area (Å²) < 4.78 is 0. The van der Waals surface area contributed by atoms with Crippen molar-refractivity contribution in [1.82, 2.24) is 15.0 Å². The molecule has 2 heterocycles. The highest BCUT2D eigenvalue weighted by Gasteiger charge is 2.14. The summed E-state index contributed by atoms with van der Waals surface area (Å²) in [7, 11) is 0. The molecule has 128 valence electrons. The van der Waals surface area contributed by atoms with Crippen molar-refractivity contribution < 1.29 is 0 Å². The van der Waals surface area contributed by atoms with Crippen molar-refractivity contribution >= 4 is 17.5 Å². The second kappa shape index (κ2) is 6.89. The summed E-state index contributed by atoms with van der Waals surface area (Å²) in [6.07, 6.45) is 1.77. The molecule has 0 aliphatic heterocycles. The number of nitrogens with one attached hydrogen (secondary N) is 2. The first-order valence-corrected chi connectivity index (χ1v) is 8.32. The predicted molar refractivity (Wildman–Crippen MR) is 103 cm³/mol. The van der Waals surface area contributed by atoms with E-state index >= 15 is 0 Å². The lowest BCUT2D eigenvalue weighted by molar-refractivity contribution is 0.626. The maximum Gasteiger partial charge on any atom is 0.225 e. The van der Waals surface area contributed by atoms with Gasteiger partial charge < -0.3 is 10.6 Å². The third-order valence-electron chi connectivity index (χ3n) is 3.55. The molecule has 5 heteroatoms. The average molecular weight is 333 g/mol. The van der Waals surface area contributed by atoms with Crippen LogP contribution < -0.4 is 10.6 Å². The Kier molecular flexibility index (Phi) is 4.65. The highest BCUT2D eigenvalue weighted by Crippen LogP contribution is 2.24. The molecule has 0 unspecified atom stereocenters. The minimum absolute atomic E-state index is 0.136. The fourth-order valence-corrected chi connectivity index (χ4v) is 2.40. The molecule has 25 heavy (non-hydrogen) atoms. The fraction of sp³-hybridized carbons (Fsp3) is 0.250. The van der Waals surface area contributed by atoms with Crippen molar-refractivity contribution in [1.29, 1.82) is 0 Å². The van der Waals surface area contributed by atoms with Gasteiger partial charge in [0.1, 0.15) is 5.82 Å². The van der Waals surface area contributed by atoms with Gasteiger partial charge in [-0.1, -0.05) is 24.3 Å². The number of hydrogen-bond acceptors (Lipinski definition) is 5. The fourth-order valence-electron chi connectivity index (χ4n) is 2.40. The van der Waals surface area contributed by atoms with Gasteiger partial charge in [0.05, 0.1) is 11.4 Å². The second-order valence-corrected chi connectivity index (χ2v) is 6.99. The van der Waals surface area contributed by atoms with Crippen LogP contribution in [0.4, 0.5) is 17.5 Å². The van der Waals surface area contributed by atoms with Crippen LogP contribution in [0, 0.1) is 6.92 Å².